The van der Waals surface area contributed by atoms with Gasteiger partial charge in [0.2, 0.25) is 0 Å². The number of ketones is 1. The number of thiophene rings is 1. The molecular weight excluding hydrogens is 348 g/mol. The summed E-state index contributed by atoms with van der Waals surface area (Å²) in [7, 11) is 0. The Balaban J connectivity index is 1.98. The highest BCUT2D eigenvalue weighted by Crippen LogP contribution is 2.44. The zero-order valence-corrected chi connectivity index (χ0v) is 15.7. The van der Waals surface area contributed by atoms with Gasteiger partial charge in [-0.2, -0.15) is 5.26 Å². The first-order valence-electron chi connectivity index (χ1n) is 8.02. The molecule has 1 aliphatic heterocycles. The fourth-order valence-electron chi connectivity index (χ4n) is 3.09. The molecule has 1 aromatic heterocycles. The Labute approximate surface area is 156 Å². The minimum atomic E-state index is -0.352. The maximum atomic E-state index is 12.2. The van der Waals surface area contributed by atoms with Crippen LogP contribution >= 0.6 is 23.1 Å². The van der Waals surface area contributed by atoms with Gasteiger partial charge in [0.25, 0.3) is 0 Å². The average Bonchev–Trinajstić information content (AvgIpc) is 3.14. The number of rotatable bonds is 5. The van der Waals surface area contributed by atoms with Gasteiger partial charge < -0.3 is 0 Å². The second kappa shape index (κ2) is 7.81. The first-order chi connectivity index (χ1) is 12.1. The van der Waals surface area contributed by atoms with Crippen molar-refractivity contribution in [2.75, 3.05) is 0 Å². The maximum absolute atomic E-state index is 12.2. The van der Waals surface area contributed by atoms with Gasteiger partial charge in [-0.1, -0.05) is 36.4 Å². The number of benzene rings is 1. The highest BCUT2D eigenvalue weighted by molar-refractivity contribution is 8.02. The molecule has 1 unspecified atom stereocenters. The molecule has 2 atom stereocenters. The molecule has 3 rings (SSSR count). The third kappa shape index (κ3) is 3.76. The molecule has 1 aliphatic rings. The van der Waals surface area contributed by atoms with E-state index in [4.69, 9.17) is 0 Å². The van der Waals surface area contributed by atoms with Crippen LogP contribution in [0.15, 0.2) is 63.4 Å². The van der Waals surface area contributed by atoms with Crippen molar-refractivity contribution in [3.05, 3.63) is 68.9 Å². The number of nitrogens with zero attached hydrogens (tertiary/aromatic N) is 2. The van der Waals surface area contributed by atoms with Crippen molar-refractivity contribution in [2.24, 2.45) is 10.9 Å². The van der Waals surface area contributed by atoms with E-state index in [0.717, 1.165) is 21.4 Å². The minimum absolute atomic E-state index is 0.0551. The molecule has 0 saturated heterocycles. The summed E-state index contributed by atoms with van der Waals surface area (Å²) in [6.07, 6.45) is 0. The van der Waals surface area contributed by atoms with Crippen LogP contribution in [0, 0.1) is 17.2 Å². The third-order valence-corrected chi connectivity index (χ3v) is 6.25. The number of nitriles is 1. The molecule has 2 aromatic rings. The number of carbonyl (C=O) groups is 1. The normalized spacial score (nSPS) is 20.1. The van der Waals surface area contributed by atoms with Crippen LogP contribution < -0.4 is 0 Å². The van der Waals surface area contributed by atoms with E-state index in [1.54, 1.807) is 30.0 Å². The molecule has 2 heterocycles. The predicted octanol–water partition coefficient (Wildman–Crippen LogP) is 5.18. The van der Waals surface area contributed by atoms with E-state index < -0.39 is 0 Å². The van der Waals surface area contributed by atoms with E-state index in [9.17, 15) is 10.1 Å². The van der Waals surface area contributed by atoms with Crippen LogP contribution in [0.1, 0.15) is 30.2 Å². The molecule has 0 bridgehead atoms. The fraction of sp³-hybridized carbons (Fsp3) is 0.250. The lowest BCUT2D eigenvalue weighted by Gasteiger charge is -2.29. The highest BCUT2D eigenvalue weighted by atomic mass is 32.2. The van der Waals surface area contributed by atoms with E-state index in [1.165, 1.54) is 5.56 Å². The van der Waals surface area contributed by atoms with Crippen molar-refractivity contribution >= 4 is 34.6 Å². The van der Waals surface area contributed by atoms with Gasteiger partial charge in [0.05, 0.1) is 17.6 Å². The van der Waals surface area contributed by atoms with Crippen LogP contribution in [-0.4, -0.2) is 11.5 Å². The molecule has 5 heteroatoms. The lowest BCUT2D eigenvalue weighted by Crippen LogP contribution is -2.30. The second-order valence-electron chi connectivity index (χ2n) is 5.94. The first kappa shape index (κ1) is 17.7. The standard InChI is InChI=1S/C20H18N2OS2/c1-13-18(14(2)23)19(17-9-6-10-24-17)16(11-21)20(22-13)25-12-15-7-4-3-5-8-15/h3-10,18-19H,12H2,1-2H3/t18?,19-/m0/s1. The topological polar surface area (TPSA) is 53.2 Å². The predicted molar refractivity (Wildman–Crippen MR) is 105 cm³/mol. The zero-order valence-electron chi connectivity index (χ0n) is 14.1. The smallest absolute Gasteiger partial charge is 0.139 e. The number of allylic oxidation sites excluding steroid dienone is 1. The Morgan fingerprint density at radius 2 is 2.04 bits per heavy atom. The highest BCUT2D eigenvalue weighted by Gasteiger charge is 2.38. The van der Waals surface area contributed by atoms with Crippen LogP contribution in [0.2, 0.25) is 0 Å². The van der Waals surface area contributed by atoms with Crippen molar-refractivity contribution in [3.63, 3.8) is 0 Å². The summed E-state index contributed by atoms with van der Waals surface area (Å²) in [5.74, 6) is 0.229. The average molecular weight is 367 g/mol. The van der Waals surface area contributed by atoms with Gasteiger partial charge in [0, 0.05) is 22.3 Å². The number of hydrogen-bond acceptors (Lipinski definition) is 5. The van der Waals surface area contributed by atoms with Crippen LogP contribution in [0.5, 0.6) is 0 Å². The van der Waals surface area contributed by atoms with Gasteiger partial charge in [-0.3, -0.25) is 4.79 Å². The van der Waals surface area contributed by atoms with E-state index in [-0.39, 0.29) is 17.6 Å². The van der Waals surface area contributed by atoms with E-state index in [1.807, 2.05) is 42.6 Å². The Bertz CT molecular complexity index is 861. The van der Waals surface area contributed by atoms with Crippen molar-refractivity contribution < 1.29 is 4.79 Å². The van der Waals surface area contributed by atoms with Gasteiger partial charge in [-0.05, 0) is 30.9 Å². The summed E-state index contributed by atoms with van der Waals surface area (Å²) in [5, 5.41) is 12.5. The molecule has 0 aliphatic carbocycles. The van der Waals surface area contributed by atoms with Gasteiger partial charge in [-0.15, -0.1) is 23.1 Å². The van der Waals surface area contributed by atoms with Crippen LogP contribution in [0.3, 0.4) is 0 Å². The van der Waals surface area contributed by atoms with E-state index >= 15 is 0 Å². The van der Waals surface area contributed by atoms with Gasteiger partial charge in [0.15, 0.2) is 0 Å². The Morgan fingerprint density at radius 3 is 2.64 bits per heavy atom. The van der Waals surface area contributed by atoms with Gasteiger partial charge in [-0.25, -0.2) is 4.99 Å². The monoisotopic (exact) mass is 366 g/mol. The van der Waals surface area contributed by atoms with Crippen LogP contribution in [-0.2, 0) is 10.5 Å². The molecule has 0 saturated carbocycles. The molecular formula is C20H18N2OS2. The second-order valence-corrected chi connectivity index (χ2v) is 7.88. The summed E-state index contributed by atoms with van der Waals surface area (Å²) in [4.78, 5) is 17.9. The molecule has 25 heavy (non-hydrogen) atoms. The molecule has 0 spiro atoms. The van der Waals surface area contributed by atoms with E-state index in [0.29, 0.717) is 5.57 Å². The molecule has 0 fully saturated rings. The Morgan fingerprint density at radius 1 is 1.28 bits per heavy atom. The number of thioether (sulfide) groups is 1. The fourth-order valence-corrected chi connectivity index (χ4v) is 4.99. The van der Waals surface area contributed by atoms with Crippen molar-refractivity contribution in [2.45, 2.75) is 25.5 Å². The van der Waals surface area contributed by atoms with Crippen LogP contribution in [0.4, 0.5) is 0 Å². The number of aliphatic imine (C=N–C) groups is 1. The quantitative estimate of drug-likeness (QED) is 0.732. The summed E-state index contributed by atoms with van der Waals surface area (Å²) < 4.78 is 0. The maximum Gasteiger partial charge on any atom is 0.139 e. The van der Waals surface area contributed by atoms with Crippen molar-refractivity contribution in [1.82, 2.24) is 0 Å². The number of Topliss-reactive ketones (excluding diaryl/α,β-unsaturated/α-hetero) is 1. The molecule has 0 amide bonds. The lowest BCUT2D eigenvalue weighted by molar-refractivity contribution is -0.119. The Kier molecular flexibility index (Phi) is 5.52. The Hall–Kier alpha value is -2.16. The summed E-state index contributed by atoms with van der Waals surface area (Å²) >= 11 is 3.15. The molecule has 0 N–H and O–H groups in total. The summed E-state index contributed by atoms with van der Waals surface area (Å²) in [6.45, 7) is 3.48. The molecule has 3 nitrogen and oxygen atoms in total. The van der Waals surface area contributed by atoms with Gasteiger partial charge >= 0.3 is 0 Å². The van der Waals surface area contributed by atoms with E-state index in [2.05, 4.69) is 23.2 Å². The lowest BCUT2D eigenvalue weighted by atomic mass is 9.79. The minimum Gasteiger partial charge on any atom is -0.299 e. The van der Waals surface area contributed by atoms with Crippen molar-refractivity contribution in [1.29, 1.82) is 5.26 Å². The molecule has 126 valence electrons. The SMILES string of the molecule is CC(=O)C1C(C)=NC(SCc2ccccc2)=C(C#N)[C@H]1c1cccs1. The van der Waals surface area contributed by atoms with Crippen LogP contribution in [0.25, 0.3) is 0 Å². The zero-order chi connectivity index (χ0) is 17.8. The number of hydrogen-bond donors (Lipinski definition) is 0. The third-order valence-electron chi connectivity index (χ3n) is 4.23. The van der Waals surface area contributed by atoms with Crippen molar-refractivity contribution in [3.8, 4) is 6.07 Å². The largest absolute Gasteiger partial charge is 0.299 e. The van der Waals surface area contributed by atoms with Gasteiger partial charge in [0.1, 0.15) is 10.8 Å². The molecule has 0 radical (unpaired) electrons. The number of carbonyl (C=O) groups excluding carboxylic acids is 1. The first-order valence-corrected chi connectivity index (χ1v) is 9.88. The summed E-state index contributed by atoms with van der Waals surface area (Å²) in [5.41, 5.74) is 2.58. The summed E-state index contributed by atoms with van der Waals surface area (Å²) in [6, 6.07) is 16.4. The molecule has 1 aromatic carbocycles.